The van der Waals surface area contributed by atoms with E-state index in [4.69, 9.17) is 5.14 Å². The fraction of sp³-hybridized carbons (Fsp3) is 0.273. The molecule has 0 unspecified atom stereocenters. The van der Waals surface area contributed by atoms with Crippen molar-refractivity contribution in [3.05, 3.63) is 46.0 Å². The lowest BCUT2D eigenvalue weighted by Crippen LogP contribution is -2.48. The summed E-state index contributed by atoms with van der Waals surface area (Å²) < 4.78 is 23.2. The summed E-state index contributed by atoms with van der Waals surface area (Å²) in [6.45, 7) is 2.60. The van der Waals surface area contributed by atoms with Crippen LogP contribution in [0.2, 0.25) is 0 Å². The van der Waals surface area contributed by atoms with Crippen molar-refractivity contribution in [3.8, 4) is 0 Å². The van der Waals surface area contributed by atoms with Gasteiger partial charge in [-0.15, -0.1) is 0 Å². The first-order chi connectivity index (χ1) is 18.0. The van der Waals surface area contributed by atoms with Crippen molar-refractivity contribution in [1.82, 2.24) is 20.3 Å². The Kier molecular flexibility index (Phi) is 6.46. The maximum atomic E-state index is 13.1. The molecular formula is C22H22N8O6S2. The largest absolute Gasteiger partial charge is 0.477 e. The number of nitrogens with one attached hydrogen (secondary N) is 2. The van der Waals surface area contributed by atoms with E-state index >= 15 is 0 Å². The summed E-state index contributed by atoms with van der Waals surface area (Å²) in [6, 6.07) is 5.85. The average Bonchev–Trinajstić information content (AvgIpc) is 3.37. The van der Waals surface area contributed by atoms with Gasteiger partial charge in [0.25, 0.3) is 0 Å². The van der Waals surface area contributed by atoms with Crippen molar-refractivity contribution in [2.45, 2.75) is 24.8 Å². The highest BCUT2D eigenvalue weighted by molar-refractivity contribution is 7.89. The highest BCUT2D eigenvalue weighted by Crippen LogP contribution is 2.37. The minimum atomic E-state index is -3.86. The van der Waals surface area contributed by atoms with Gasteiger partial charge >= 0.3 is 5.97 Å². The Hall–Kier alpha value is -4.15. The first-order valence-corrected chi connectivity index (χ1v) is 13.7. The van der Waals surface area contributed by atoms with Crippen LogP contribution in [0.1, 0.15) is 26.5 Å². The van der Waals surface area contributed by atoms with Crippen LogP contribution in [0, 0.1) is 6.92 Å². The highest BCUT2D eigenvalue weighted by atomic mass is 32.2. The molecule has 0 spiro atoms. The Morgan fingerprint density at radius 2 is 1.89 bits per heavy atom. The molecule has 16 heteroatoms. The van der Waals surface area contributed by atoms with Crippen LogP contribution in [-0.4, -0.2) is 65.9 Å². The minimum absolute atomic E-state index is 0.0118. The van der Waals surface area contributed by atoms with Crippen LogP contribution >= 0.6 is 11.3 Å². The highest BCUT2D eigenvalue weighted by Gasteiger charge is 2.35. The lowest BCUT2D eigenvalue weighted by molar-refractivity contribution is -0.120. The molecule has 3 aromatic rings. The van der Waals surface area contributed by atoms with E-state index in [1.165, 1.54) is 17.0 Å². The van der Waals surface area contributed by atoms with Crippen molar-refractivity contribution in [3.63, 3.8) is 0 Å². The topological polar surface area (TPSA) is 201 Å². The normalized spacial score (nSPS) is 15.4. The number of thiazole rings is 1. The van der Waals surface area contributed by atoms with Crippen LogP contribution in [0.4, 0.5) is 22.7 Å². The molecule has 0 radical (unpaired) electrons. The lowest BCUT2D eigenvalue weighted by Gasteiger charge is -2.29. The second-order valence-corrected chi connectivity index (χ2v) is 11.2. The predicted molar refractivity (Wildman–Crippen MR) is 137 cm³/mol. The van der Waals surface area contributed by atoms with E-state index in [0.29, 0.717) is 41.5 Å². The van der Waals surface area contributed by atoms with Crippen molar-refractivity contribution >= 4 is 61.9 Å². The zero-order valence-electron chi connectivity index (χ0n) is 20.0. The number of benzene rings is 1. The number of hydrogen-bond donors (Lipinski definition) is 4. The molecule has 198 valence electrons. The molecule has 0 aliphatic carbocycles. The monoisotopic (exact) mass is 558 g/mol. The molecule has 0 saturated carbocycles. The number of fused-ring (bicyclic) bond motifs is 1. The average molecular weight is 559 g/mol. The van der Waals surface area contributed by atoms with E-state index in [-0.39, 0.29) is 52.2 Å². The summed E-state index contributed by atoms with van der Waals surface area (Å²) in [6.07, 6.45) is 0.0118. The molecule has 2 aromatic heterocycles. The summed E-state index contributed by atoms with van der Waals surface area (Å²) in [5.41, 5.74) is 1.53. The van der Waals surface area contributed by atoms with Crippen LogP contribution < -0.4 is 25.6 Å². The molecule has 2 aliphatic rings. The number of carboxylic acids is 1. The van der Waals surface area contributed by atoms with Gasteiger partial charge in [0.1, 0.15) is 16.5 Å². The van der Waals surface area contributed by atoms with E-state index in [9.17, 15) is 27.9 Å². The van der Waals surface area contributed by atoms with Gasteiger partial charge in [0.15, 0.2) is 5.13 Å². The summed E-state index contributed by atoms with van der Waals surface area (Å²) in [4.78, 5) is 53.2. The van der Waals surface area contributed by atoms with E-state index < -0.39 is 16.0 Å². The number of primary sulfonamides is 1. The number of nitrogens with two attached hydrogens (primary N) is 1. The third-order valence-electron chi connectivity index (χ3n) is 5.99. The number of carbonyl (C=O) groups is 3. The van der Waals surface area contributed by atoms with Crippen LogP contribution in [0.3, 0.4) is 0 Å². The van der Waals surface area contributed by atoms with Crippen molar-refractivity contribution < 1.29 is 27.9 Å². The fourth-order valence-electron chi connectivity index (χ4n) is 4.22. The number of nitrogens with zero attached hydrogens (tertiary/aromatic N) is 5. The smallest absolute Gasteiger partial charge is 0.347 e. The number of aromatic nitrogens is 3. The van der Waals surface area contributed by atoms with Crippen LogP contribution in [-0.2, 0) is 32.6 Å². The van der Waals surface area contributed by atoms with E-state index in [0.717, 1.165) is 11.3 Å². The first kappa shape index (κ1) is 25.5. The molecule has 0 atom stereocenters. The van der Waals surface area contributed by atoms with Gasteiger partial charge in [-0.1, -0.05) is 23.5 Å². The molecule has 14 nitrogen and oxygen atoms in total. The molecule has 1 saturated heterocycles. The number of amides is 2. The summed E-state index contributed by atoms with van der Waals surface area (Å²) in [7, 11) is -3.86. The molecule has 2 aliphatic heterocycles. The number of carboxylic acid groups (broad SMARTS) is 1. The number of hydrogen-bond acceptors (Lipinski definition) is 11. The molecule has 2 amide bonds. The number of aryl methyl sites for hydroxylation is 1. The molecule has 1 aromatic carbocycles. The number of anilines is 4. The number of sulfonamides is 1. The Morgan fingerprint density at radius 3 is 2.53 bits per heavy atom. The lowest BCUT2D eigenvalue weighted by atomic mass is 10.2. The van der Waals surface area contributed by atoms with E-state index in [1.807, 2.05) is 0 Å². The van der Waals surface area contributed by atoms with Crippen molar-refractivity contribution in [1.29, 1.82) is 0 Å². The van der Waals surface area contributed by atoms with Crippen LogP contribution in [0.5, 0.6) is 0 Å². The summed E-state index contributed by atoms with van der Waals surface area (Å²) in [5.74, 6) is -0.707. The predicted octanol–water partition coefficient (Wildman–Crippen LogP) is 0.356. The van der Waals surface area contributed by atoms with Crippen molar-refractivity contribution in [2.24, 2.45) is 5.14 Å². The van der Waals surface area contributed by atoms with Gasteiger partial charge in [-0.05, 0) is 24.6 Å². The van der Waals surface area contributed by atoms with Gasteiger partial charge in [0, 0.05) is 18.7 Å². The van der Waals surface area contributed by atoms with Gasteiger partial charge in [0.05, 0.1) is 30.1 Å². The summed E-state index contributed by atoms with van der Waals surface area (Å²) >= 11 is 0.925. The molecule has 38 heavy (non-hydrogen) atoms. The summed E-state index contributed by atoms with van der Waals surface area (Å²) in [5, 5.41) is 20.5. The van der Waals surface area contributed by atoms with Gasteiger partial charge in [-0.3, -0.25) is 19.8 Å². The zero-order valence-corrected chi connectivity index (χ0v) is 21.6. The third-order valence-corrected chi connectivity index (χ3v) is 7.98. The first-order valence-electron chi connectivity index (χ1n) is 11.3. The van der Waals surface area contributed by atoms with Gasteiger partial charge in [-0.2, -0.15) is 9.97 Å². The molecule has 1 fully saturated rings. The van der Waals surface area contributed by atoms with E-state index in [2.05, 4.69) is 25.6 Å². The fourth-order valence-corrected chi connectivity index (χ4v) is 5.53. The Bertz CT molecular complexity index is 1570. The maximum Gasteiger partial charge on any atom is 0.347 e. The number of aromatic carboxylic acids is 1. The Morgan fingerprint density at radius 1 is 1.18 bits per heavy atom. The number of rotatable bonds is 7. The zero-order chi connectivity index (χ0) is 27.2. The quantitative estimate of drug-likeness (QED) is 0.312. The van der Waals surface area contributed by atoms with Crippen LogP contribution in [0.25, 0.3) is 0 Å². The van der Waals surface area contributed by atoms with E-state index in [1.54, 1.807) is 24.0 Å². The second-order valence-electron chi connectivity index (χ2n) is 8.65. The Labute approximate surface area is 220 Å². The number of carbonyl (C=O) groups excluding carboxylic acids is 2. The van der Waals surface area contributed by atoms with Crippen LogP contribution in [0.15, 0.2) is 29.2 Å². The third kappa shape index (κ3) is 5.00. The molecular weight excluding hydrogens is 536 g/mol. The number of piperazine rings is 1. The maximum absolute atomic E-state index is 13.1. The Balaban J connectivity index is 1.53. The van der Waals surface area contributed by atoms with Crippen molar-refractivity contribution in [2.75, 3.05) is 34.8 Å². The molecule has 0 bridgehead atoms. The minimum Gasteiger partial charge on any atom is -0.477 e. The standard InChI is InChI=1S/C22H22N8O6S2/c1-11-17(20(33)34)37-22(25-11)28-21-26-18(29-7-6-24-15(31)10-29)14-8-16(32)30(19(14)27-21)9-12-2-4-13(5-3-12)38(23,35)36/h2-5H,6-10H2,1H3,(H,24,31)(H,33,34)(H2,23,35,36)(H,25,26,27,28). The second kappa shape index (κ2) is 9.62. The molecule has 4 heterocycles. The SMILES string of the molecule is Cc1nc(Nc2nc(N3CCNC(=O)C3)c3c(n2)N(Cc2ccc(S(N)(=O)=O)cc2)C(=O)C3)sc1C(=O)O. The molecule has 5 rings (SSSR count). The van der Waals surface area contributed by atoms with Gasteiger partial charge in [0.2, 0.25) is 27.8 Å². The molecule has 5 N–H and O–H groups in total. The van der Waals surface area contributed by atoms with Gasteiger partial charge in [-0.25, -0.2) is 23.3 Å². The van der Waals surface area contributed by atoms with Gasteiger partial charge < -0.3 is 15.3 Å².